The van der Waals surface area contributed by atoms with E-state index in [1.165, 1.54) is 11.8 Å². The van der Waals surface area contributed by atoms with Crippen molar-refractivity contribution in [2.24, 2.45) is 4.99 Å². The molecule has 2 atom stereocenters. The maximum Gasteiger partial charge on any atom is 0.327 e. The second kappa shape index (κ2) is 6.86. The molecule has 8 heteroatoms. The van der Waals surface area contributed by atoms with Crippen LogP contribution in [0, 0.1) is 0 Å². The summed E-state index contributed by atoms with van der Waals surface area (Å²) in [7, 11) is 0. The molecule has 1 heterocycles. The van der Waals surface area contributed by atoms with Gasteiger partial charge in [-0.25, -0.2) is 4.79 Å². The van der Waals surface area contributed by atoms with E-state index in [2.05, 4.69) is 22.9 Å². The van der Waals surface area contributed by atoms with Gasteiger partial charge in [-0.1, -0.05) is 12.1 Å². The number of aliphatic carboxylic acids is 1. The molecule has 0 aromatic heterocycles. The Kier molecular flexibility index (Phi) is 5.13. The number of benzene rings is 1. The Morgan fingerprint density at radius 2 is 2.19 bits per heavy atom. The Hall–Kier alpha value is -1.67. The number of carbonyl (C=O) groups is 2. The maximum absolute atomic E-state index is 12.0. The van der Waals surface area contributed by atoms with Crippen molar-refractivity contribution in [2.45, 2.75) is 12.1 Å². The Morgan fingerprint density at radius 1 is 1.48 bits per heavy atom. The first-order valence-electron chi connectivity index (χ1n) is 6.16. The van der Waals surface area contributed by atoms with Gasteiger partial charge in [-0.2, -0.15) is 12.6 Å². The fraction of sp³-hybridized carbons (Fsp3) is 0.308. The third kappa shape index (κ3) is 3.70. The van der Waals surface area contributed by atoms with Crippen molar-refractivity contribution in [1.29, 1.82) is 0 Å². The summed E-state index contributed by atoms with van der Waals surface area (Å²) in [5.41, 5.74) is 0.571. The highest BCUT2D eigenvalue weighted by molar-refractivity contribution is 8.14. The van der Waals surface area contributed by atoms with E-state index in [0.29, 0.717) is 16.4 Å². The molecule has 0 aliphatic carbocycles. The lowest BCUT2D eigenvalue weighted by atomic mass is 10.2. The first kappa shape index (κ1) is 15.7. The number of phenols is 1. The molecule has 1 aliphatic rings. The molecule has 0 saturated heterocycles. The Bertz CT molecular complexity index is 591. The van der Waals surface area contributed by atoms with Crippen LogP contribution < -0.4 is 5.32 Å². The van der Waals surface area contributed by atoms with Gasteiger partial charge in [0.15, 0.2) is 0 Å². The smallest absolute Gasteiger partial charge is 0.327 e. The minimum Gasteiger partial charge on any atom is -0.507 e. The number of carboxylic acid groups (broad SMARTS) is 1. The zero-order valence-electron chi connectivity index (χ0n) is 10.9. The summed E-state index contributed by atoms with van der Waals surface area (Å²) in [6.07, 6.45) is 0. The molecule has 21 heavy (non-hydrogen) atoms. The number of phenolic OH excluding ortho intramolecular Hbond substituents is 1. The van der Waals surface area contributed by atoms with Crippen molar-refractivity contribution < 1.29 is 19.8 Å². The van der Waals surface area contributed by atoms with Gasteiger partial charge in [0.25, 0.3) is 0 Å². The fourth-order valence-electron chi connectivity index (χ4n) is 1.76. The fourth-order valence-corrected chi connectivity index (χ4v) is 3.08. The van der Waals surface area contributed by atoms with Crippen LogP contribution in [-0.4, -0.2) is 50.7 Å². The zero-order valence-corrected chi connectivity index (χ0v) is 12.6. The first-order valence-corrected chi connectivity index (χ1v) is 7.77. The van der Waals surface area contributed by atoms with Gasteiger partial charge in [0.05, 0.1) is 0 Å². The van der Waals surface area contributed by atoms with Gasteiger partial charge >= 0.3 is 5.97 Å². The van der Waals surface area contributed by atoms with Crippen LogP contribution in [0.1, 0.15) is 5.56 Å². The van der Waals surface area contributed by atoms with Crippen LogP contribution in [0.3, 0.4) is 0 Å². The summed E-state index contributed by atoms with van der Waals surface area (Å²) in [6.45, 7) is 0. The van der Waals surface area contributed by atoms with Gasteiger partial charge in [0, 0.05) is 17.1 Å². The number of rotatable bonds is 5. The minimum absolute atomic E-state index is 0.0109. The molecule has 0 radical (unpaired) electrons. The summed E-state index contributed by atoms with van der Waals surface area (Å²) < 4.78 is 0. The van der Waals surface area contributed by atoms with E-state index in [-0.39, 0.29) is 11.5 Å². The van der Waals surface area contributed by atoms with Crippen molar-refractivity contribution in [3.05, 3.63) is 29.8 Å². The highest BCUT2D eigenvalue weighted by Crippen LogP contribution is 2.28. The summed E-state index contributed by atoms with van der Waals surface area (Å²) in [5.74, 6) is -1.06. The van der Waals surface area contributed by atoms with Crippen LogP contribution in [-0.2, 0) is 9.59 Å². The lowest BCUT2D eigenvalue weighted by Crippen LogP contribution is -2.46. The molecular formula is C13H14N2O4S2. The highest BCUT2D eigenvalue weighted by atomic mass is 32.2. The molecule has 1 aliphatic heterocycles. The van der Waals surface area contributed by atoms with Crippen molar-refractivity contribution >= 4 is 41.3 Å². The Balaban J connectivity index is 2.09. The monoisotopic (exact) mass is 326 g/mol. The maximum atomic E-state index is 12.0. The molecule has 6 nitrogen and oxygen atoms in total. The second-order valence-corrected chi connectivity index (χ2v) is 5.73. The third-order valence-corrected chi connectivity index (χ3v) is 4.33. The quantitative estimate of drug-likeness (QED) is 0.599. The number of nitrogens with one attached hydrogen (secondary N) is 1. The first-order chi connectivity index (χ1) is 10.0. The van der Waals surface area contributed by atoms with E-state index >= 15 is 0 Å². The molecule has 2 rings (SSSR count). The van der Waals surface area contributed by atoms with Gasteiger partial charge < -0.3 is 15.5 Å². The van der Waals surface area contributed by atoms with Crippen molar-refractivity contribution in [1.82, 2.24) is 5.32 Å². The van der Waals surface area contributed by atoms with E-state index in [0.717, 1.165) is 0 Å². The van der Waals surface area contributed by atoms with Gasteiger partial charge in [-0.3, -0.25) is 9.79 Å². The number of nitrogens with zero attached hydrogens (tertiary/aromatic N) is 1. The van der Waals surface area contributed by atoms with E-state index in [1.54, 1.807) is 24.3 Å². The summed E-state index contributed by atoms with van der Waals surface area (Å²) in [5, 5.41) is 21.6. The van der Waals surface area contributed by atoms with Crippen LogP contribution in [0.5, 0.6) is 5.75 Å². The minimum atomic E-state index is -1.13. The van der Waals surface area contributed by atoms with E-state index in [9.17, 15) is 14.7 Å². The van der Waals surface area contributed by atoms with E-state index < -0.39 is 24.0 Å². The lowest BCUT2D eigenvalue weighted by Gasteiger charge is -2.13. The number of aromatic hydroxyl groups is 1. The zero-order chi connectivity index (χ0) is 15.4. The number of thioether (sulfide) groups is 1. The van der Waals surface area contributed by atoms with E-state index in [1.807, 2.05) is 0 Å². The molecule has 0 bridgehead atoms. The number of amides is 1. The van der Waals surface area contributed by atoms with Gasteiger partial charge in [-0.15, -0.1) is 11.8 Å². The molecule has 0 saturated carbocycles. The normalized spacial score (nSPS) is 18.9. The van der Waals surface area contributed by atoms with Crippen LogP contribution >= 0.6 is 24.4 Å². The molecule has 1 amide bonds. The van der Waals surface area contributed by atoms with Gasteiger partial charge in [0.1, 0.15) is 22.9 Å². The molecular weight excluding hydrogens is 312 g/mol. The summed E-state index contributed by atoms with van der Waals surface area (Å²) in [6, 6.07) is 5.05. The van der Waals surface area contributed by atoms with Gasteiger partial charge in [0.2, 0.25) is 5.91 Å². The summed E-state index contributed by atoms with van der Waals surface area (Å²) in [4.78, 5) is 27.1. The summed E-state index contributed by atoms with van der Waals surface area (Å²) >= 11 is 5.24. The molecule has 0 spiro atoms. The average molecular weight is 326 g/mol. The van der Waals surface area contributed by atoms with Crippen molar-refractivity contribution in [2.75, 3.05) is 11.5 Å². The number of hydrogen-bond acceptors (Lipinski definition) is 6. The Morgan fingerprint density at radius 3 is 2.81 bits per heavy atom. The topological polar surface area (TPSA) is 99.0 Å². The molecule has 0 fully saturated rings. The number of carboxylic acids is 1. The predicted molar refractivity (Wildman–Crippen MR) is 84.3 cm³/mol. The molecule has 1 aromatic carbocycles. The van der Waals surface area contributed by atoms with Crippen LogP contribution in [0.4, 0.5) is 0 Å². The molecule has 1 unspecified atom stereocenters. The number of thiol groups is 1. The number of para-hydroxylation sites is 1. The highest BCUT2D eigenvalue weighted by Gasteiger charge is 2.29. The van der Waals surface area contributed by atoms with Crippen molar-refractivity contribution in [3.63, 3.8) is 0 Å². The predicted octanol–water partition coefficient (Wildman–Crippen LogP) is 0.753. The third-order valence-electron chi connectivity index (χ3n) is 2.89. The average Bonchev–Trinajstić information content (AvgIpc) is 2.94. The van der Waals surface area contributed by atoms with Gasteiger partial charge in [-0.05, 0) is 12.1 Å². The van der Waals surface area contributed by atoms with Crippen LogP contribution in [0.2, 0.25) is 0 Å². The standard InChI is InChI=1S/C13H14N2O4S2/c16-10-4-2-1-3-7(10)12-15-9(6-21-12)11(17)14-8(5-20)13(18)19/h1-4,8-9,16,20H,5-6H2,(H,14,17)(H,18,19)/t8-,9?/m0/s1. The van der Waals surface area contributed by atoms with Crippen molar-refractivity contribution in [3.8, 4) is 5.75 Å². The second-order valence-electron chi connectivity index (χ2n) is 4.36. The lowest BCUT2D eigenvalue weighted by molar-refractivity contribution is -0.141. The molecule has 3 N–H and O–H groups in total. The number of hydrogen-bond donors (Lipinski definition) is 4. The van der Waals surface area contributed by atoms with Crippen LogP contribution in [0.25, 0.3) is 0 Å². The largest absolute Gasteiger partial charge is 0.507 e. The molecule has 1 aromatic rings. The number of carbonyl (C=O) groups excluding carboxylic acids is 1. The Labute approximate surface area is 131 Å². The SMILES string of the molecule is O=C(N[C@@H](CS)C(=O)O)C1CSC(c2ccccc2O)=N1. The van der Waals surface area contributed by atoms with Crippen LogP contribution in [0.15, 0.2) is 29.3 Å². The molecule has 112 valence electrons. The van der Waals surface area contributed by atoms with E-state index in [4.69, 9.17) is 5.11 Å². The number of aliphatic imine (C=N–C) groups is 1.